The highest BCUT2D eigenvalue weighted by molar-refractivity contribution is 5.18. The Morgan fingerprint density at radius 3 is 2.93 bits per heavy atom. The molecule has 1 saturated carbocycles. The van der Waals surface area contributed by atoms with Crippen molar-refractivity contribution < 1.29 is 9.52 Å². The van der Waals surface area contributed by atoms with Gasteiger partial charge in [-0.15, -0.1) is 0 Å². The summed E-state index contributed by atoms with van der Waals surface area (Å²) in [5, 5.41) is 9.63. The molecular weight excluding hydrogens is 178 g/mol. The van der Waals surface area contributed by atoms with E-state index in [0.717, 1.165) is 11.7 Å². The first-order chi connectivity index (χ1) is 6.72. The van der Waals surface area contributed by atoms with Crippen LogP contribution >= 0.6 is 0 Å². The Labute approximate surface area is 83.9 Å². The molecule has 3 atom stereocenters. The van der Waals surface area contributed by atoms with E-state index in [1.165, 1.54) is 6.42 Å². The Morgan fingerprint density at radius 1 is 1.64 bits per heavy atom. The molecule has 0 spiro atoms. The molecule has 3 nitrogen and oxygen atoms in total. The van der Waals surface area contributed by atoms with Crippen molar-refractivity contribution in [1.29, 1.82) is 0 Å². The van der Waals surface area contributed by atoms with Crippen molar-refractivity contribution in [3.63, 3.8) is 0 Å². The average Bonchev–Trinajstić information content (AvgIpc) is 2.70. The van der Waals surface area contributed by atoms with Crippen molar-refractivity contribution in [2.75, 3.05) is 6.54 Å². The SMILES string of the molecule is CC1CC1c1ccc(C(O)CCN)o1. The molecule has 1 aliphatic carbocycles. The number of rotatable bonds is 4. The fraction of sp³-hybridized carbons (Fsp3) is 0.636. The first kappa shape index (κ1) is 9.74. The molecule has 0 bridgehead atoms. The minimum Gasteiger partial charge on any atom is -0.463 e. The van der Waals surface area contributed by atoms with Crippen LogP contribution in [-0.2, 0) is 0 Å². The van der Waals surface area contributed by atoms with Crippen LogP contribution in [0.1, 0.15) is 43.3 Å². The Hall–Kier alpha value is -0.800. The van der Waals surface area contributed by atoms with E-state index < -0.39 is 6.10 Å². The summed E-state index contributed by atoms with van der Waals surface area (Å²) in [5.41, 5.74) is 5.37. The molecule has 14 heavy (non-hydrogen) atoms. The fourth-order valence-corrected chi connectivity index (χ4v) is 1.77. The predicted octanol–water partition coefficient (Wildman–Crippen LogP) is 1.79. The number of hydrogen-bond acceptors (Lipinski definition) is 3. The highest BCUT2D eigenvalue weighted by Crippen LogP contribution is 2.47. The Morgan fingerprint density at radius 2 is 2.36 bits per heavy atom. The Balaban J connectivity index is 2.02. The number of hydrogen-bond donors (Lipinski definition) is 2. The largest absolute Gasteiger partial charge is 0.463 e. The lowest BCUT2D eigenvalue weighted by atomic mass is 10.2. The van der Waals surface area contributed by atoms with Crippen LogP contribution in [0.5, 0.6) is 0 Å². The number of aliphatic hydroxyl groups is 1. The van der Waals surface area contributed by atoms with Crippen LogP contribution in [0.15, 0.2) is 16.5 Å². The second-order valence-corrected chi connectivity index (χ2v) is 4.15. The van der Waals surface area contributed by atoms with Crippen LogP contribution < -0.4 is 5.73 Å². The van der Waals surface area contributed by atoms with Gasteiger partial charge in [-0.25, -0.2) is 0 Å². The highest BCUT2D eigenvalue weighted by atomic mass is 16.4. The molecule has 1 heterocycles. The minimum absolute atomic E-state index is 0.483. The zero-order valence-corrected chi connectivity index (χ0v) is 8.44. The van der Waals surface area contributed by atoms with Crippen molar-refractivity contribution >= 4 is 0 Å². The van der Waals surface area contributed by atoms with E-state index in [1.54, 1.807) is 0 Å². The molecule has 0 aliphatic heterocycles. The van der Waals surface area contributed by atoms with Gasteiger partial charge in [0.1, 0.15) is 17.6 Å². The summed E-state index contributed by atoms with van der Waals surface area (Å²) in [4.78, 5) is 0. The van der Waals surface area contributed by atoms with E-state index in [-0.39, 0.29) is 0 Å². The third-order valence-electron chi connectivity index (χ3n) is 2.89. The minimum atomic E-state index is -0.539. The maximum atomic E-state index is 9.63. The molecule has 2 rings (SSSR count). The quantitative estimate of drug-likeness (QED) is 0.770. The molecule has 0 saturated heterocycles. The molecular formula is C11H17NO2. The third kappa shape index (κ3) is 1.83. The van der Waals surface area contributed by atoms with Gasteiger partial charge in [-0.3, -0.25) is 0 Å². The van der Waals surface area contributed by atoms with E-state index in [0.29, 0.717) is 24.6 Å². The summed E-state index contributed by atoms with van der Waals surface area (Å²) in [5.74, 6) is 2.99. The van der Waals surface area contributed by atoms with E-state index in [4.69, 9.17) is 10.2 Å². The van der Waals surface area contributed by atoms with Crippen molar-refractivity contribution in [2.45, 2.75) is 31.8 Å². The first-order valence-electron chi connectivity index (χ1n) is 5.20. The highest BCUT2D eigenvalue weighted by Gasteiger charge is 2.36. The molecule has 1 aliphatic rings. The summed E-state index contributed by atoms with van der Waals surface area (Å²) < 4.78 is 5.59. The molecule has 0 aromatic carbocycles. The van der Waals surface area contributed by atoms with Gasteiger partial charge in [0.25, 0.3) is 0 Å². The maximum Gasteiger partial charge on any atom is 0.132 e. The van der Waals surface area contributed by atoms with Gasteiger partial charge in [-0.05, 0) is 37.4 Å². The smallest absolute Gasteiger partial charge is 0.132 e. The van der Waals surface area contributed by atoms with Crippen LogP contribution in [0.25, 0.3) is 0 Å². The van der Waals surface area contributed by atoms with E-state index in [2.05, 4.69) is 6.92 Å². The average molecular weight is 195 g/mol. The van der Waals surface area contributed by atoms with Crippen molar-refractivity contribution in [1.82, 2.24) is 0 Å². The molecule has 1 aromatic rings. The predicted molar refractivity (Wildman–Crippen MR) is 53.9 cm³/mol. The van der Waals surface area contributed by atoms with Crippen LogP contribution in [0.2, 0.25) is 0 Å². The van der Waals surface area contributed by atoms with Crippen molar-refractivity contribution in [2.24, 2.45) is 11.7 Å². The normalized spacial score (nSPS) is 27.6. The van der Waals surface area contributed by atoms with E-state index in [9.17, 15) is 5.11 Å². The second-order valence-electron chi connectivity index (χ2n) is 4.15. The maximum absolute atomic E-state index is 9.63. The molecule has 3 N–H and O–H groups in total. The lowest BCUT2D eigenvalue weighted by Crippen LogP contribution is -2.05. The second kappa shape index (κ2) is 3.75. The molecule has 0 amide bonds. The van der Waals surface area contributed by atoms with Gasteiger partial charge < -0.3 is 15.3 Å². The molecule has 0 radical (unpaired) electrons. The van der Waals surface area contributed by atoms with Crippen molar-refractivity contribution in [3.05, 3.63) is 23.7 Å². The molecule has 1 aromatic heterocycles. The van der Waals surface area contributed by atoms with Crippen LogP contribution in [0, 0.1) is 5.92 Å². The van der Waals surface area contributed by atoms with Gasteiger partial charge in [-0.1, -0.05) is 6.92 Å². The standard InChI is InChI=1S/C11H17NO2/c1-7-6-8(7)10-2-3-11(14-10)9(13)4-5-12/h2-3,7-9,13H,4-6,12H2,1H3. The van der Waals surface area contributed by atoms with Gasteiger partial charge >= 0.3 is 0 Å². The zero-order chi connectivity index (χ0) is 10.1. The lowest BCUT2D eigenvalue weighted by molar-refractivity contribution is 0.141. The Kier molecular flexibility index (Phi) is 2.61. The van der Waals surface area contributed by atoms with Crippen LogP contribution in [0.3, 0.4) is 0 Å². The summed E-state index contributed by atoms with van der Waals surface area (Å²) in [7, 11) is 0. The first-order valence-corrected chi connectivity index (χ1v) is 5.20. The summed E-state index contributed by atoms with van der Waals surface area (Å²) in [6.45, 7) is 2.69. The number of aliphatic hydroxyl groups excluding tert-OH is 1. The third-order valence-corrected chi connectivity index (χ3v) is 2.89. The summed E-state index contributed by atoms with van der Waals surface area (Å²) >= 11 is 0. The summed E-state index contributed by atoms with van der Waals surface area (Å²) in [6, 6.07) is 3.84. The van der Waals surface area contributed by atoms with E-state index in [1.807, 2.05) is 12.1 Å². The monoisotopic (exact) mass is 195 g/mol. The molecule has 78 valence electrons. The van der Waals surface area contributed by atoms with Gasteiger partial charge in [0.15, 0.2) is 0 Å². The van der Waals surface area contributed by atoms with Crippen molar-refractivity contribution in [3.8, 4) is 0 Å². The number of furan rings is 1. The Bertz CT molecular complexity index is 308. The molecule has 3 heteroatoms. The number of nitrogens with two attached hydrogens (primary N) is 1. The fourth-order valence-electron chi connectivity index (χ4n) is 1.77. The van der Waals surface area contributed by atoms with Crippen LogP contribution in [-0.4, -0.2) is 11.7 Å². The molecule has 1 fully saturated rings. The topological polar surface area (TPSA) is 59.4 Å². The van der Waals surface area contributed by atoms with Gasteiger partial charge in [-0.2, -0.15) is 0 Å². The summed E-state index contributed by atoms with van der Waals surface area (Å²) in [6.07, 6.45) is 1.23. The van der Waals surface area contributed by atoms with Gasteiger partial charge in [0, 0.05) is 5.92 Å². The lowest BCUT2D eigenvalue weighted by Gasteiger charge is -2.04. The molecule has 3 unspecified atom stereocenters. The van der Waals surface area contributed by atoms with Gasteiger partial charge in [0.05, 0.1) is 0 Å². The van der Waals surface area contributed by atoms with Gasteiger partial charge in [0.2, 0.25) is 0 Å². The van der Waals surface area contributed by atoms with E-state index >= 15 is 0 Å². The van der Waals surface area contributed by atoms with Crippen LogP contribution in [0.4, 0.5) is 0 Å². The zero-order valence-electron chi connectivity index (χ0n) is 8.44.